The molecule has 0 saturated heterocycles. The summed E-state index contributed by atoms with van der Waals surface area (Å²) in [5.74, 6) is -3.96. The fourth-order valence-corrected chi connectivity index (χ4v) is 2.30. The van der Waals surface area contributed by atoms with Gasteiger partial charge >= 0.3 is 0 Å². The Hall–Kier alpha value is -0.900. The first-order valence-corrected chi connectivity index (χ1v) is 6.28. The smallest absolute Gasteiger partial charge is 0.194 e. The Labute approximate surface area is 122 Å². The zero-order valence-corrected chi connectivity index (χ0v) is 11.6. The van der Waals surface area contributed by atoms with Crippen LogP contribution >= 0.6 is 34.8 Å². The number of hydrogen-bond donors (Lipinski definition) is 0. The van der Waals surface area contributed by atoms with Gasteiger partial charge in [0, 0.05) is 0 Å². The molecule has 2 aromatic carbocycles. The van der Waals surface area contributed by atoms with Gasteiger partial charge in [-0.05, 0) is 41.8 Å². The molecule has 6 heteroatoms. The highest BCUT2D eigenvalue weighted by atomic mass is 35.5. The lowest BCUT2D eigenvalue weighted by Gasteiger charge is -2.07. The molecule has 100 valence electrons. The summed E-state index contributed by atoms with van der Waals surface area (Å²) in [5, 5.41) is 0.697. The van der Waals surface area contributed by atoms with E-state index in [-0.39, 0.29) is 27.1 Å². The number of hydrogen-bond acceptors (Lipinski definition) is 0. The molecule has 0 bridgehead atoms. The predicted molar refractivity (Wildman–Crippen MR) is 70.6 cm³/mol. The minimum Gasteiger partial charge on any atom is -0.204 e. The minimum atomic E-state index is -1.49. The molecule has 0 nitrogen and oxygen atoms in total. The Morgan fingerprint density at radius 1 is 0.737 bits per heavy atom. The summed E-state index contributed by atoms with van der Waals surface area (Å²) in [6.45, 7) is 0. The van der Waals surface area contributed by atoms with Crippen molar-refractivity contribution in [3.63, 3.8) is 0 Å². The third-order valence-corrected chi connectivity index (χ3v) is 3.69. The van der Waals surface area contributed by atoms with Gasteiger partial charge in [0.25, 0.3) is 0 Å². The van der Waals surface area contributed by atoms with Crippen LogP contribution in [0.3, 0.4) is 0 Å². The Morgan fingerprint density at radius 2 is 1.16 bits per heavy atom. The SMILES string of the molecule is Fc1cc(Cc2cc(Cl)c(Cl)c(Cl)c2)cc(F)c1F. The van der Waals surface area contributed by atoms with Gasteiger partial charge in [0.05, 0.1) is 15.1 Å². The second-order valence-corrected chi connectivity index (χ2v) is 5.12. The highest BCUT2D eigenvalue weighted by Crippen LogP contribution is 2.32. The van der Waals surface area contributed by atoms with Crippen LogP contribution in [-0.4, -0.2) is 0 Å². The second-order valence-electron chi connectivity index (χ2n) is 3.92. The van der Waals surface area contributed by atoms with Gasteiger partial charge < -0.3 is 0 Å². The molecule has 0 spiro atoms. The highest BCUT2D eigenvalue weighted by Gasteiger charge is 2.12. The number of halogens is 6. The molecule has 0 amide bonds. The molecule has 0 heterocycles. The third kappa shape index (κ3) is 3.16. The quantitative estimate of drug-likeness (QED) is 0.625. The van der Waals surface area contributed by atoms with Crippen LogP contribution < -0.4 is 0 Å². The van der Waals surface area contributed by atoms with Crippen LogP contribution in [0.15, 0.2) is 24.3 Å². The fraction of sp³-hybridized carbons (Fsp3) is 0.0769. The molecule has 0 N–H and O–H groups in total. The lowest BCUT2D eigenvalue weighted by molar-refractivity contribution is 0.445. The van der Waals surface area contributed by atoms with Crippen molar-refractivity contribution < 1.29 is 13.2 Å². The Balaban J connectivity index is 2.36. The molecule has 2 rings (SSSR count). The van der Waals surface area contributed by atoms with Gasteiger partial charge in [0.2, 0.25) is 0 Å². The van der Waals surface area contributed by atoms with Gasteiger partial charge in [-0.1, -0.05) is 34.8 Å². The summed E-state index contributed by atoms with van der Waals surface area (Å²) in [5.41, 5.74) is 0.885. The van der Waals surface area contributed by atoms with Crippen LogP contribution in [0.25, 0.3) is 0 Å². The normalized spacial score (nSPS) is 10.8. The molecule has 0 aliphatic rings. The maximum atomic E-state index is 13.1. The molecular weight excluding hydrogens is 319 g/mol. The summed E-state index contributed by atoms with van der Waals surface area (Å²) in [6.07, 6.45) is 0.157. The van der Waals surface area contributed by atoms with E-state index in [2.05, 4.69) is 0 Å². The van der Waals surface area contributed by atoms with E-state index in [1.54, 1.807) is 0 Å². The van der Waals surface area contributed by atoms with Crippen LogP contribution in [0.1, 0.15) is 11.1 Å². The molecular formula is C13H6Cl3F3. The Morgan fingerprint density at radius 3 is 1.63 bits per heavy atom. The van der Waals surface area contributed by atoms with Crippen molar-refractivity contribution in [3.05, 3.63) is 67.9 Å². The van der Waals surface area contributed by atoms with Crippen LogP contribution in [0, 0.1) is 17.5 Å². The van der Waals surface area contributed by atoms with E-state index in [1.165, 1.54) is 12.1 Å². The van der Waals surface area contributed by atoms with E-state index in [0.29, 0.717) is 5.56 Å². The van der Waals surface area contributed by atoms with Crippen LogP contribution in [0.2, 0.25) is 15.1 Å². The molecule has 0 saturated carbocycles. The Bertz CT molecular complexity index is 540. The van der Waals surface area contributed by atoms with Gasteiger partial charge in [0.1, 0.15) is 0 Å². The molecule has 2 aromatic rings. The lowest BCUT2D eigenvalue weighted by Crippen LogP contribution is -1.96. The zero-order chi connectivity index (χ0) is 14.2. The molecule has 0 unspecified atom stereocenters. The Kier molecular flexibility index (Phi) is 4.29. The predicted octanol–water partition coefficient (Wildman–Crippen LogP) is 5.65. The molecule has 19 heavy (non-hydrogen) atoms. The van der Waals surface area contributed by atoms with Crippen LogP contribution in [-0.2, 0) is 6.42 Å². The van der Waals surface area contributed by atoms with Gasteiger partial charge in [-0.25, -0.2) is 13.2 Å². The van der Waals surface area contributed by atoms with E-state index in [0.717, 1.165) is 12.1 Å². The molecule has 0 atom stereocenters. The third-order valence-electron chi connectivity index (χ3n) is 2.50. The van der Waals surface area contributed by atoms with Crippen LogP contribution in [0.4, 0.5) is 13.2 Å². The second kappa shape index (κ2) is 5.61. The summed E-state index contributed by atoms with van der Waals surface area (Å²) in [7, 11) is 0. The highest BCUT2D eigenvalue weighted by molar-refractivity contribution is 6.48. The van der Waals surface area contributed by atoms with Gasteiger partial charge in [-0.15, -0.1) is 0 Å². The monoisotopic (exact) mass is 324 g/mol. The first kappa shape index (κ1) is 14.5. The van der Waals surface area contributed by atoms with E-state index < -0.39 is 17.5 Å². The lowest BCUT2D eigenvalue weighted by atomic mass is 10.0. The van der Waals surface area contributed by atoms with E-state index >= 15 is 0 Å². The zero-order valence-electron chi connectivity index (χ0n) is 9.28. The van der Waals surface area contributed by atoms with Gasteiger partial charge in [0.15, 0.2) is 17.5 Å². The molecule has 0 aliphatic carbocycles. The van der Waals surface area contributed by atoms with Crippen molar-refractivity contribution in [3.8, 4) is 0 Å². The van der Waals surface area contributed by atoms with Crippen molar-refractivity contribution in [2.45, 2.75) is 6.42 Å². The summed E-state index contributed by atoms with van der Waals surface area (Å²) in [4.78, 5) is 0. The maximum absolute atomic E-state index is 13.1. The van der Waals surface area contributed by atoms with Crippen molar-refractivity contribution in [1.29, 1.82) is 0 Å². The summed E-state index contributed by atoms with van der Waals surface area (Å²) in [6, 6.07) is 4.92. The average molecular weight is 326 g/mol. The van der Waals surface area contributed by atoms with Gasteiger partial charge in [-0.3, -0.25) is 0 Å². The van der Waals surface area contributed by atoms with Crippen molar-refractivity contribution in [2.75, 3.05) is 0 Å². The van der Waals surface area contributed by atoms with E-state index in [4.69, 9.17) is 34.8 Å². The van der Waals surface area contributed by atoms with Crippen molar-refractivity contribution in [1.82, 2.24) is 0 Å². The first-order valence-electron chi connectivity index (χ1n) is 5.15. The standard InChI is InChI=1S/C13H6Cl3F3/c14-8-2-6(3-9(15)12(8)16)1-7-4-10(17)13(19)11(18)5-7/h2-5H,1H2. The van der Waals surface area contributed by atoms with Crippen LogP contribution in [0.5, 0.6) is 0 Å². The summed E-state index contributed by atoms with van der Waals surface area (Å²) < 4.78 is 39.0. The first-order chi connectivity index (χ1) is 8.88. The van der Waals surface area contributed by atoms with E-state index in [9.17, 15) is 13.2 Å². The maximum Gasteiger partial charge on any atom is 0.194 e. The van der Waals surface area contributed by atoms with Crippen molar-refractivity contribution in [2.24, 2.45) is 0 Å². The molecule has 0 aromatic heterocycles. The van der Waals surface area contributed by atoms with Crippen molar-refractivity contribution >= 4 is 34.8 Å². The topological polar surface area (TPSA) is 0 Å². The largest absolute Gasteiger partial charge is 0.204 e. The number of rotatable bonds is 2. The van der Waals surface area contributed by atoms with E-state index in [1.807, 2.05) is 0 Å². The molecule has 0 radical (unpaired) electrons. The minimum absolute atomic E-state index is 0.157. The molecule has 0 fully saturated rings. The molecule has 0 aliphatic heterocycles. The summed E-state index contributed by atoms with van der Waals surface area (Å²) >= 11 is 17.5. The average Bonchev–Trinajstić information content (AvgIpc) is 2.33. The fourth-order valence-electron chi connectivity index (χ4n) is 1.66. The number of benzene rings is 2. The van der Waals surface area contributed by atoms with Gasteiger partial charge in [-0.2, -0.15) is 0 Å².